The quantitative estimate of drug-likeness (QED) is 0.730. The molecule has 0 fully saturated rings. The van der Waals surface area contributed by atoms with E-state index in [-0.39, 0.29) is 0 Å². The van der Waals surface area contributed by atoms with E-state index < -0.39 is 0 Å². The summed E-state index contributed by atoms with van der Waals surface area (Å²) < 4.78 is 7.60. The Kier molecular flexibility index (Phi) is 2.43. The Morgan fingerprint density at radius 2 is 2.00 bits per heavy atom. The molecule has 0 saturated carbocycles. The first-order chi connectivity index (χ1) is 7.15. The molecule has 0 saturated heterocycles. The second-order valence-electron chi connectivity index (χ2n) is 4.18. The lowest BCUT2D eigenvalue weighted by Crippen LogP contribution is -1.97. The van der Waals surface area contributed by atoms with Crippen molar-refractivity contribution < 1.29 is 4.74 Å². The average molecular weight is 203 g/mol. The Balaban J connectivity index is 2.75. The monoisotopic (exact) mass is 203 g/mol. The fraction of sp³-hybridized carbons (Fsp3) is 0.385. The van der Waals surface area contributed by atoms with Gasteiger partial charge in [-0.25, -0.2) is 0 Å². The van der Waals surface area contributed by atoms with Gasteiger partial charge in [0.1, 0.15) is 5.75 Å². The molecule has 15 heavy (non-hydrogen) atoms. The number of aryl methyl sites for hydroxylation is 1. The molecule has 0 unspecified atom stereocenters. The van der Waals surface area contributed by atoms with Crippen molar-refractivity contribution in [2.75, 3.05) is 7.11 Å². The largest absolute Gasteiger partial charge is 0.496 e. The predicted octanol–water partition coefficient (Wildman–Crippen LogP) is 3.31. The molecule has 1 aromatic heterocycles. The van der Waals surface area contributed by atoms with Crippen molar-refractivity contribution in [2.45, 2.75) is 19.8 Å². The van der Waals surface area contributed by atoms with Crippen molar-refractivity contribution in [1.29, 1.82) is 0 Å². The summed E-state index contributed by atoms with van der Waals surface area (Å²) in [5, 5.41) is 1.20. The second-order valence-corrected chi connectivity index (χ2v) is 4.18. The van der Waals surface area contributed by atoms with Crippen molar-refractivity contribution >= 4 is 10.9 Å². The highest BCUT2D eigenvalue weighted by Crippen LogP contribution is 2.30. The molecular formula is C13H17NO. The van der Waals surface area contributed by atoms with E-state index in [2.05, 4.69) is 37.6 Å². The van der Waals surface area contributed by atoms with E-state index >= 15 is 0 Å². The maximum absolute atomic E-state index is 5.36. The highest BCUT2D eigenvalue weighted by Gasteiger charge is 2.11. The molecule has 0 aliphatic rings. The van der Waals surface area contributed by atoms with Crippen LogP contribution >= 0.6 is 0 Å². The summed E-state index contributed by atoms with van der Waals surface area (Å²) in [6.07, 6.45) is 0. The zero-order chi connectivity index (χ0) is 11.0. The first kappa shape index (κ1) is 10.1. The Hall–Kier alpha value is -1.44. The van der Waals surface area contributed by atoms with Crippen molar-refractivity contribution in [3.05, 3.63) is 30.0 Å². The Morgan fingerprint density at radius 1 is 1.27 bits per heavy atom. The van der Waals surface area contributed by atoms with Gasteiger partial charge in [0, 0.05) is 18.1 Å². The first-order valence-electron chi connectivity index (χ1n) is 5.27. The topological polar surface area (TPSA) is 14.2 Å². The van der Waals surface area contributed by atoms with Gasteiger partial charge in [0.25, 0.3) is 0 Å². The standard InChI is InChI=1S/C13H17NO/c1-9(2)12-8-10-11(14(12)3)6-5-7-13(10)15-4/h5-9H,1-4H3. The molecule has 1 aromatic carbocycles. The average Bonchev–Trinajstić information content (AvgIpc) is 2.56. The molecule has 1 heterocycles. The minimum Gasteiger partial charge on any atom is -0.496 e. The highest BCUT2D eigenvalue weighted by atomic mass is 16.5. The van der Waals surface area contributed by atoms with E-state index in [0.717, 1.165) is 5.75 Å². The number of aromatic nitrogens is 1. The molecule has 0 radical (unpaired) electrons. The van der Waals surface area contributed by atoms with Crippen LogP contribution in [0.2, 0.25) is 0 Å². The molecule has 0 atom stereocenters. The Bertz CT molecular complexity index is 482. The zero-order valence-corrected chi connectivity index (χ0v) is 9.74. The number of methoxy groups -OCH3 is 1. The van der Waals surface area contributed by atoms with E-state index in [1.807, 2.05) is 12.1 Å². The lowest BCUT2D eigenvalue weighted by Gasteiger charge is -2.06. The van der Waals surface area contributed by atoms with Gasteiger partial charge in [0.05, 0.1) is 12.6 Å². The van der Waals surface area contributed by atoms with Gasteiger partial charge >= 0.3 is 0 Å². The number of hydrogen-bond acceptors (Lipinski definition) is 1. The third kappa shape index (κ3) is 1.50. The van der Waals surface area contributed by atoms with Crippen LogP contribution < -0.4 is 4.74 Å². The molecule has 2 nitrogen and oxygen atoms in total. The van der Waals surface area contributed by atoms with Crippen LogP contribution in [-0.4, -0.2) is 11.7 Å². The number of benzene rings is 1. The minimum absolute atomic E-state index is 0.534. The molecule has 2 aromatic rings. The van der Waals surface area contributed by atoms with Crippen LogP contribution in [0.15, 0.2) is 24.3 Å². The normalized spacial score (nSPS) is 11.3. The molecule has 2 rings (SSSR count). The lowest BCUT2D eigenvalue weighted by atomic mass is 10.1. The van der Waals surface area contributed by atoms with Crippen LogP contribution in [0, 0.1) is 0 Å². The van der Waals surface area contributed by atoms with Crippen LogP contribution in [-0.2, 0) is 7.05 Å². The summed E-state index contributed by atoms with van der Waals surface area (Å²) >= 11 is 0. The molecule has 0 spiro atoms. The number of hydrogen-bond donors (Lipinski definition) is 0. The first-order valence-corrected chi connectivity index (χ1v) is 5.27. The van der Waals surface area contributed by atoms with Crippen LogP contribution in [0.5, 0.6) is 5.75 Å². The minimum atomic E-state index is 0.534. The summed E-state index contributed by atoms with van der Waals surface area (Å²) in [5.74, 6) is 1.49. The van der Waals surface area contributed by atoms with E-state index in [1.54, 1.807) is 7.11 Å². The summed E-state index contributed by atoms with van der Waals surface area (Å²) in [6.45, 7) is 4.42. The number of rotatable bonds is 2. The predicted molar refractivity (Wildman–Crippen MR) is 63.6 cm³/mol. The van der Waals surface area contributed by atoms with Crippen molar-refractivity contribution in [2.24, 2.45) is 7.05 Å². The molecule has 0 amide bonds. The number of fused-ring (bicyclic) bond motifs is 1. The molecule has 2 heteroatoms. The SMILES string of the molecule is COc1cccc2c1cc(C(C)C)n2C. The fourth-order valence-corrected chi connectivity index (χ4v) is 2.09. The van der Waals surface area contributed by atoms with Crippen LogP contribution in [0.4, 0.5) is 0 Å². The Labute approximate surface area is 90.5 Å². The van der Waals surface area contributed by atoms with Crippen LogP contribution in [0.25, 0.3) is 10.9 Å². The molecule has 0 bridgehead atoms. The molecular weight excluding hydrogens is 186 g/mol. The molecule has 0 N–H and O–H groups in total. The van der Waals surface area contributed by atoms with Gasteiger partial charge < -0.3 is 9.30 Å². The van der Waals surface area contributed by atoms with Gasteiger partial charge in [-0.15, -0.1) is 0 Å². The van der Waals surface area contributed by atoms with Crippen LogP contribution in [0.1, 0.15) is 25.5 Å². The smallest absolute Gasteiger partial charge is 0.128 e. The molecule has 0 aliphatic carbocycles. The van der Waals surface area contributed by atoms with Gasteiger partial charge in [-0.05, 0) is 24.1 Å². The van der Waals surface area contributed by atoms with Gasteiger partial charge in [-0.3, -0.25) is 0 Å². The summed E-state index contributed by atoms with van der Waals surface area (Å²) in [5.41, 5.74) is 2.58. The van der Waals surface area contributed by atoms with Gasteiger partial charge in [0.2, 0.25) is 0 Å². The van der Waals surface area contributed by atoms with Crippen molar-refractivity contribution in [3.63, 3.8) is 0 Å². The Morgan fingerprint density at radius 3 is 2.60 bits per heavy atom. The third-order valence-electron chi connectivity index (χ3n) is 2.90. The maximum Gasteiger partial charge on any atom is 0.128 e. The highest BCUT2D eigenvalue weighted by molar-refractivity contribution is 5.87. The van der Waals surface area contributed by atoms with Crippen molar-refractivity contribution in [3.8, 4) is 5.75 Å². The van der Waals surface area contributed by atoms with Crippen LogP contribution in [0.3, 0.4) is 0 Å². The van der Waals surface area contributed by atoms with E-state index in [4.69, 9.17) is 4.74 Å². The fourth-order valence-electron chi connectivity index (χ4n) is 2.09. The van der Waals surface area contributed by atoms with E-state index in [1.165, 1.54) is 16.6 Å². The summed E-state index contributed by atoms with van der Waals surface area (Å²) in [4.78, 5) is 0. The summed E-state index contributed by atoms with van der Waals surface area (Å²) in [7, 11) is 3.83. The number of ether oxygens (including phenoxy) is 1. The molecule has 0 aliphatic heterocycles. The zero-order valence-electron chi connectivity index (χ0n) is 9.74. The molecule has 80 valence electrons. The van der Waals surface area contributed by atoms with Gasteiger partial charge in [-0.2, -0.15) is 0 Å². The van der Waals surface area contributed by atoms with Gasteiger partial charge in [0.15, 0.2) is 0 Å². The van der Waals surface area contributed by atoms with E-state index in [9.17, 15) is 0 Å². The van der Waals surface area contributed by atoms with Gasteiger partial charge in [-0.1, -0.05) is 19.9 Å². The maximum atomic E-state index is 5.36. The second kappa shape index (κ2) is 3.61. The van der Waals surface area contributed by atoms with E-state index in [0.29, 0.717) is 5.92 Å². The third-order valence-corrected chi connectivity index (χ3v) is 2.90. The number of nitrogens with zero attached hydrogens (tertiary/aromatic N) is 1. The lowest BCUT2D eigenvalue weighted by molar-refractivity contribution is 0.420. The van der Waals surface area contributed by atoms with Crippen molar-refractivity contribution in [1.82, 2.24) is 4.57 Å². The summed E-state index contributed by atoms with van der Waals surface area (Å²) in [6, 6.07) is 8.39.